The summed E-state index contributed by atoms with van der Waals surface area (Å²) in [4.78, 5) is 3.13. The van der Waals surface area contributed by atoms with Crippen LogP contribution in [0, 0.1) is 5.92 Å². The Kier molecular flexibility index (Phi) is 2.71. The number of nitrogens with one attached hydrogen (secondary N) is 1. The first-order valence-corrected chi connectivity index (χ1v) is 4.14. The summed E-state index contributed by atoms with van der Waals surface area (Å²) in [7, 11) is 0. The van der Waals surface area contributed by atoms with E-state index in [-0.39, 0.29) is 6.04 Å². The highest BCUT2D eigenvalue weighted by atomic mass is 14.8. The van der Waals surface area contributed by atoms with E-state index < -0.39 is 0 Å². The molecule has 2 heteroatoms. The van der Waals surface area contributed by atoms with E-state index in [1.807, 2.05) is 18.3 Å². The summed E-state index contributed by atoms with van der Waals surface area (Å²) in [6, 6.07) is 4.18. The molecule has 0 saturated heterocycles. The lowest BCUT2D eigenvalue weighted by Gasteiger charge is -2.16. The number of hydrogen-bond donors (Lipinski definition) is 2. The zero-order chi connectivity index (χ0) is 8.27. The standard InChI is InChI=1S/C9H16N2/c1-3-7(2)9(10)8-5-4-6-11-8/h4-7,9,11H,3,10H2,1-2H3/t7?,9-/m1/s1. The van der Waals surface area contributed by atoms with Gasteiger partial charge in [-0.25, -0.2) is 0 Å². The van der Waals surface area contributed by atoms with Crippen LogP contribution in [0.25, 0.3) is 0 Å². The van der Waals surface area contributed by atoms with Crippen LogP contribution in [-0.2, 0) is 0 Å². The minimum atomic E-state index is 0.162. The number of rotatable bonds is 3. The molecule has 0 saturated carbocycles. The predicted molar refractivity (Wildman–Crippen MR) is 47.2 cm³/mol. The van der Waals surface area contributed by atoms with E-state index in [2.05, 4.69) is 18.8 Å². The summed E-state index contributed by atoms with van der Waals surface area (Å²) in [6.45, 7) is 4.33. The maximum atomic E-state index is 5.96. The molecule has 62 valence electrons. The van der Waals surface area contributed by atoms with Crippen molar-refractivity contribution in [3.05, 3.63) is 24.0 Å². The molecule has 2 nitrogen and oxygen atoms in total. The number of aromatic amines is 1. The molecule has 1 aromatic heterocycles. The minimum absolute atomic E-state index is 0.162. The van der Waals surface area contributed by atoms with Gasteiger partial charge in [-0.15, -0.1) is 0 Å². The maximum Gasteiger partial charge on any atom is 0.0473 e. The molecule has 0 aliphatic rings. The molecule has 0 aromatic carbocycles. The van der Waals surface area contributed by atoms with Crippen LogP contribution in [0.1, 0.15) is 32.0 Å². The Hall–Kier alpha value is -0.760. The van der Waals surface area contributed by atoms with Gasteiger partial charge >= 0.3 is 0 Å². The van der Waals surface area contributed by atoms with E-state index in [1.54, 1.807) is 0 Å². The van der Waals surface area contributed by atoms with Gasteiger partial charge in [-0.05, 0) is 18.1 Å². The average Bonchev–Trinajstić information content (AvgIpc) is 2.53. The first-order chi connectivity index (χ1) is 5.25. The van der Waals surface area contributed by atoms with Crippen LogP contribution < -0.4 is 5.73 Å². The van der Waals surface area contributed by atoms with Gasteiger partial charge in [0.25, 0.3) is 0 Å². The summed E-state index contributed by atoms with van der Waals surface area (Å²) in [5.74, 6) is 0.550. The van der Waals surface area contributed by atoms with Crippen molar-refractivity contribution in [2.75, 3.05) is 0 Å². The van der Waals surface area contributed by atoms with Crippen molar-refractivity contribution in [1.82, 2.24) is 4.98 Å². The smallest absolute Gasteiger partial charge is 0.0473 e. The van der Waals surface area contributed by atoms with Crippen molar-refractivity contribution in [2.45, 2.75) is 26.3 Å². The van der Waals surface area contributed by atoms with Gasteiger partial charge in [-0.2, -0.15) is 0 Å². The van der Waals surface area contributed by atoms with E-state index in [0.29, 0.717) is 5.92 Å². The fourth-order valence-corrected chi connectivity index (χ4v) is 1.11. The third kappa shape index (κ3) is 1.84. The van der Waals surface area contributed by atoms with Crippen LogP contribution in [-0.4, -0.2) is 4.98 Å². The number of aromatic nitrogens is 1. The largest absolute Gasteiger partial charge is 0.364 e. The van der Waals surface area contributed by atoms with Crippen molar-refractivity contribution < 1.29 is 0 Å². The molecule has 0 spiro atoms. The molecule has 2 atom stereocenters. The van der Waals surface area contributed by atoms with Crippen LogP contribution in [0.15, 0.2) is 18.3 Å². The molecule has 0 fully saturated rings. The van der Waals surface area contributed by atoms with E-state index in [4.69, 9.17) is 5.73 Å². The van der Waals surface area contributed by atoms with Crippen molar-refractivity contribution in [1.29, 1.82) is 0 Å². The lowest BCUT2D eigenvalue weighted by molar-refractivity contribution is 0.450. The van der Waals surface area contributed by atoms with Crippen LogP contribution >= 0.6 is 0 Å². The molecule has 1 rings (SSSR count). The second-order valence-electron chi connectivity index (χ2n) is 3.04. The number of hydrogen-bond acceptors (Lipinski definition) is 1. The summed E-state index contributed by atoms with van der Waals surface area (Å²) in [6.07, 6.45) is 3.04. The Balaban J connectivity index is 2.62. The molecule has 11 heavy (non-hydrogen) atoms. The van der Waals surface area contributed by atoms with E-state index >= 15 is 0 Å². The van der Waals surface area contributed by atoms with Gasteiger partial charge in [-0.3, -0.25) is 0 Å². The van der Waals surface area contributed by atoms with Gasteiger partial charge in [-0.1, -0.05) is 20.3 Å². The molecular formula is C9H16N2. The zero-order valence-electron chi connectivity index (χ0n) is 7.17. The van der Waals surface area contributed by atoms with Gasteiger partial charge in [0.05, 0.1) is 0 Å². The first-order valence-electron chi connectivity index (χ1n) is 4.14. The topological polar surface area (TPSA) is 41.8 Å². The van der Waals surface area contributed by atoms with Crippen molar-refractivity contribution >= 4 is 0 Å². The molecule has 0 bridgehead atoms. The van der Waals surface area contributed by atoms with Crippen molar-refractivity contribution in [3.63, 3.8) is 0 Å². The van der Waals surface area contributed by atoms with Gasteiger partial charge in [0.1, 0.15) is 0 Å². The molecule has 3 N–H and O–H groups in total. The van der Waals surface area contributed by atoms with Gasteiger partial charge in [0.2, 0.25) is 0 Å². The summed E-state index contributed by atoms with van der Waals surface area (Å²) in [5.41, 5.74) is 7.10. The van der Waals surface area contributed by atoms with Gasteiger partial charge in [0, 0.05) is 17.9 Å². The molecule has 0 amide bonds. The maximum absolute atomic E-state index is 5.96. The predicted octanol–water partition coefficient (Wildman–Crippen LogP) is 2.06. The van der Waals surface area contributed by atoms with E-state index in [1.165, 1.54) is 0 Å². The highest BCUT2D eigenvalue weighted by molar-refractivity contribution is 5.09. The summed E-state index contributed by atoms with van der Waals surface area (Å²) >= 11 is 0. The highest BCUT2D eigenvalue weighted by Crippen LogP contribution is 2.19. The fourth-order valence-electron chi connectivity index (χ4n) is 1.11. The van der Waals surface area contributed by atoms with Crippen LogP contribution in [0.3, 0.4) is 0 Å². The molecule has 1 unspecified atom stereocenters. The fraction of sp³-hybridized carbons (Fsp3) is 0.556. The molecule has 1 aromatic rings. The lowest BCUT2D eigenvalue weighted by atomic mass is 9.98. The van der Waals surface area contributed by atoms with E-state index in [9.17, 15) is 0 Å². The lowest BCUT2D eigenvalue weighted by Crippen LogP contribution is -2.18. The summed E-state index contributed by atoms with van der Waals surface area (Å²) in [5, 5.41) is 0. The van der Waals surface area contributed by atoms with Crippen molar-refractivity contribution in [3.8, 4) is 0 Å². The summed E-state index contributed by atoms with van der Waals surface area (Å²) < 4.78 is 0. The Morgan fingerprint density at radius 3 is 2.82 bits per heavy atom. The quantitative estimate of drug-likeness (QED) is 0.684. The molecule has 0 radical (unpaired) electrons. The SMILES string of the molecule is CCC(C)[C@@H](N)c1ccc[nH]1. The molecule has 1 heterocycles. The third-order valence-corrected chi connectivity index (χ3v) is 2.24. The zero-order valence-corrected chi connectivity index (χ0v) is 7.17. The Labute approximate surface area is 67.8 Å². The Bertz CT molecular complexity index is 191. The highest BCUT2D eigenvalue weighted by Gasteiger charge is 2.12. The molecule has 0 aliphatic heterocycles. The normalized spacial score (nSPS) is 16.3. The van der Waals surface area contributed by atoms with Crippen molar-refractivity contribution in [2.24, 2.45) is 11.7 Å². The second kappa shape index (κ2) is 3.58. The van der Waals surface area contributed by atoms with Crippen LogP contribution in [0.5, 0.6) is 0 Å². The van der Waals surface area contributed by atoms with Gasteiger partial charge < -0.3 is 10.7 Å². The monoisotopic (exact) mass is 152 g/mol. The van der Waals surface area contributed by atoms with Crippen LogP contribution in [0.4, 0.5) is 0 Å². The number of nitrogens with two attached hydrogens (primary N) is 1. The van der Waals surface area contributed by atoms with E-state index in [0.717, 1.165) is 12.1 Å². The number of H-pyrrole nitrogens is 1. The van der Waals surface area contributed by atoms with Crippen LogP contribution in [0.2, 0.25) is 0 Å². The third-order valence-electron chi connectivity index (χ3n) is 2.24. The molecular weight excluding hydrogens is 136 g/mol. The van der Waals surface area contributed by atoms with Gasteiger partial charge in [0.15, 0.2) is 0 Å². The Morgan fingerprint density at radius 2 is 2.36 bits per heavy atom. The average molecular weight is 152 g/mol. The first kappa shape index (κ1) is 8.34. The second-order valence-corrected chi connectivity index (χ2v) is 3.04. The minimum Gasteiger partial charge on any atom is -0.364 e. The molecule has 0 aliphatic carbocycles. The Morgan fingerprint density at radius 1 is 1.64 bits per heavy atom.